The molecular weight excluding hydrogens is 224 g/mol. The Kier molecular flexibility index (Phi) is 3.92. The van der Waals surface area contributed by atoms with E-state index in [1.54, 1.807) is 0 Å². The smallest absolute Gasteiger partial charge is 0.224 e. The maximum Gasteiger partial charge on any atom is 0.224 e. The van der Waals surface area contributed by atoms with Crippen molar-refractivity contribution in [3.8, 4) is 0 Å². The number of hydrogen-bond donors (Lipinski definition) is 1. The number of pyridine rings is 1. The van der Waals surface area contributed by atoms with Crippen LogP contribution in [-0.4, -0.2) is 10.9 Å². The number of aromatic nitrogens is 1. The minimum Gasteiger partial charge on any atom is -0.325 e. The summed E-state index contributed by atoms with van der Waals surface area (Å²) in [4.78, 5) is 16.2. The Morgan fingerprint density at radius 2 is 2.11 bits per heavy atom. The Balaban J connectivity index is 2.25. The van der Waals surface area contributed by atoms with Crippen molar-refractivity contribution in [2.24, 2.45) is 0 Å². The van der Waals surface area contributed by atoms with Gasteiger partial charge < -0.3 is 5.32 Å². The molecule has 0 aliphatic carbocycles. The van der Waals surface area contributed by atoms with Gasteiger partial charge in [0.1, 0.15) is 0 Å². The Morgan fingerprint density at radius 3 is 2.89 bits per heavy atom. The van der Waals surface area contributed by atoms with Crippen LogP contribution in [0.1, 0.15) is 31.9 Å². The number of benzene rings is 1. The zero-order chi connectivity index (χ0) is 13.0. The lowest BCUT2D eigenvalue weighted by molar-refractivity contribution is -0.116. The third-order valence-electron chi connectivity index (χ3n) is 2.90. The molecule has 0 bridgehead atoms. The van der Waals surface area contributed by atoms with Crippen molar-refractivity contribution < 1.29 is 4.79 Å². The van der Waals surface area contributed by atoms with Gasteiger partial charge in [-0.1, -0.05) is 19.4 Å². The molecule has 94 valence electrons. The number of fused-ring (bicyclic) bond motifs is 1. The summed E-state index contributed by atoms with van der Waals surface area (Å²) in [6.07, 6.45) is 2.53. The van der Waals surface area contributed by atoms with E-state index in [1.807, 2.05) is 37.3 Å². The van der Waals surface area contributed by atoms with Gasteiger partial charge in [0.25, 0.3) is 0 Å². The normalized spacial score (nSPS) is 10.6. The van der Waals surface area contributed by atoms with Crippen LogP contribution in [0.3, 0.4) is 0 Å². The highest BCUT2D eigenvalue weighted by molar-refractivity contribution is 6.00. The van der Waals surface area contributed by atoms with Crippen LogP contribution < -0.4 is 5.32 Å². The average molecular weight is 242 g/mol. The number of nitrogens with one attached hydrogen (secondary N) is 1. The summed E-state index contributed by atoms with van der Waals surface area (Å²) in [5.74, 6) is 0.0740. The summed E-state index contributed by atoms with van der Waals surface area (Å²) in [6, 6.07) is 9.77. The minimum absolute atomic E-state index is 0.0740. The predicted molar refractivity (Wildman–Crippen MR) is 74.6 cm³/mol. The van der Waals surface area contributed by atoms with Gasteiger partial charge in [-0.3, -0.25) is 9.78 Å². The van der Waals surface area contributed by atoms with E-state index < -0.39 is 0 Å². The highest BCUT2D eigenvalue weighted by Crippen LogP contribution is 2.22. The molecule has 3 nitrogen and oxygen atoms in total. The maximum absolute atomic E-state index is 11.8. The SMILES string of the molecule is CCCCC(=O)Nc1cccc2nc(C)ccc12. The molecule has 18 heavy (non-hydrogen) atoms. The zero-order valence-corrected chi connectivity index (χ0v) is 10.9. The second-order valence-corrected chi connectivity index (χ2v) is 4.48. The van der Waals surface area contributed by atoms with Gasteiger partial charge in [-0.05, 0) is 37.6 Å². The third-order valence-corrected chi connectivity index (χ3v) is 2.90. The molecule has 1 amide bonds. The Hall–Kier alpha value is -1.90. The maximum atomic E-state index is 11.8. The number of carbonyl (C=O) groups excluding carboxylic acids is 1. The average Bonchev–Trinajstić information content (AvgIpc) is 2.36. The lowest BCUT2D eigenvalue weighted by Crippen LogP contribution is -2.11. The lowest BCUT2D eigenvalue weighted by Gasteiger charge is -2.08. The van der Waals surface area contributed by atoms with Crippen LogP contribution in [0.2, 0.25) is 0 Å². The standard InChI is InChI=1S/C15H18N2O/c1-3-4-8-15(18)17-14-7-5-6-13-12(14)10-9-11(2)16-13/h5-7,9-10H,3-4,8H2,1-2H3,(H,17,18). The second-order valence-electron chi connectivity index (χ2n) is 4.48. The van der Waals surface area contributed by atoms with Gasteiger partial charge >= 0.3 is 0 Å². The molecule has 0 saturated heterocycles. The first-order valence-electron chi connectivity index (χ1n) is 6.37. The number of rotatable bonds is 4. The van der Waals surface area contributed by atoms with Crippen LogP contribution in [0.4, 0.5) is 5.69 Å². The fourth-order valence-corrected chi connectivity index (χ4v) is 1.92. The van der Waals surface area contributed by atoms with Crippen molar-refractivity contribution in [1.82, 2.24) is 4.98 Å². The predicted octanol–water partition coefficient (Wildman–Crippen LogP) is 3.67. The van der Waals surface area contributed by atoms with E-state index in [4.69, 9.17) is 0 Å². The topological polar surface area (TPSA) is 42.0 Å². The Morgan fingerprint density at radius 1 is 1.28 bits per heavy atom. The van der Waals surface area contributed by atoms with Crippen LogP contribution in [0.15, 0.2) is 30.3 Å². The molecule has 0 unspecified atom stereocenters. The van der Waals surface area contributed by atoms with Gasteiger partial charge in [-0.15, -0.1) is 0 Å². The van der Waals surface area contributed by atoms with Crippen molar-refractivity contribution in [3.05, 3.63) is 36.0 Å². The second kappa shape index (κ2) is 5.63. The van der Waals surface area contributed by atoms with Crippen molar-refractivity contribution in [1.29, 1.82) is 0 Å². The van der Waals surface area contributed by atoms with E-state index in [9.17, 15) is 4.79 Å². The Bertz CT molecular complexity index is 563. The van der Waals surface area contributed by atoms with Crippen LogP contribution in [0.25, 0.3) is 10.9 Å². The van der Waals surface area contributed by atoms with Gasteiger partial charge in [0.2, 0.25) is 5.91 Å². The largest absolute Gasteiger partial charge is 0.325 e. The lowest BCUT2D eigenvalue weighted by atomic mass is 10.1. The number of nitrogens with zero attached hydrogens (tertiary/aromatic N) is 1. The highest BCUT2D eigenvalue weighted by Gasteiger charge is 2.05. The minimum atomic E-state index is 0.0740. The summed E-state index contributed by atoms with van der Waals surface area (Å²) in [5.41, 5.74) is 2.75. The first-order valence-corrected chi connectivity index (χ1v) is 6.37. The van der Waals surface area contributed by atoms with Crippen LogP contribution in [-0.2, 0) is 4.79 Å². The number of amides is 1. The number of carbonyl (C=O) groups is 1. The van der Waals surface area contributed by atoms with Gasteiger partial charge in [0.05, 0.1) is 11.2 Å². The Labute approximate surface area is 107 Å². The van der Waals surface area contributed by atoms with Crippen LogP contribution in [0.5, 0.6) is 0 Å². The van der Waals surface area contributed by atoms with Crippen LogP contribution >= 0.6 is 0 Å². The molecule has 0 fully saturated rings. The van der Waals surface area contributed by atoms with E-state index in [0.717, 1.165) is 35.1 Å². The van der Waals surface area contributed by atoms with Gasteiger partial charge in [-0.25, -0.2) is 0 Å². The summed E-state index contributed by atoms with van der Waals surface area (Å²) < 4.78 is 0. The monoisotopic (exact) mass is 242 g/mol. The zero-order valence-electron chi connectivity index (χ0n) is 10.9. The summed E-state index contributed by atoms with van der Waals surface area (Å²) >= 11 is 0. The number of anilines is 1. The van der Waals surface area contributed by atoms with Crippen LogP contribution in [0, 0.1) is 6.92 Å². The first kappa shape index (κ1) is 12.6. The number of aryl methyl sites for hydroxylation is 1. The molecule has 0 spiro atoms. The van der Waals surface area contributed by atoms with E-state index in [-0.39, 0.29) is 5.91 Å². The summed E-state index contributed by atoms with van der Waals surface area (Å²) in [5, 5.41) is 3.95. The molecule has 1 heterocycles. The summed E-state index contributed by atoms with van der Waals surface area (Å²) in [6.45, 7) is 4.05. The molecule has 2 rings (SSSR count). The third kappa shape index (κ3) is 2.86. The first-order chi connectivity index (χ1) is 8.70. The van der Waals surface area contributed by atoms with Crippen molar-refractivity contribution >= 4 is 22.5 Å². The van der Waals surface area contributed by atoms with E-state index in [2.05, 4.69) is 17.2 Å². The van der Waals surface area contributed by atoms with E-state index >= 15 is 0 Å². The molecule has 0 radical (unpaired) electrons. The fourth-order valence-electron chi connectivity index (χ4n) is 1.92. The van der Waals surface area contributed by atoms with Gasteiger partial charge in [0.15, 0.2) is 0 Å². The fraction of sp³-hybridized carbons (Fsp3) is 0.333. The van der Waals surface area contributed by atoms with Crippen molar-refractivity contribution in [3.63, 3.8) is 0 Å². The van der Waals surface area contributed by atoms with E-state index in [1.165, 1.54) is 0 Å². The number of hydrogen-bond acceptors (Lipinski definition) is 2. The highest BCUT2D eigenvalue weighted by atomic mass is 16.1. The molecule has 0 atom stereocenters. The summed E-state index contributed by atoms with van der Waals surface area (Å²) in [7, 11) is 0. The molecule has 3 heteroatoms. The molecule has 1 aromatic heterocycles. The van der Waals surface area contributed by atoms with Crippen molar-refractivity contribution in [2.75, 3.05) is 5.32 Å². The van der Waals surface area contributed by atoms with Gasteiger partial charge in [0, 0.05) is 17.5 Å². The molecule has 0 aliphatic heterocycles. The molecule has 0 saturated carbocycles. The molecule has 0 aliphatic rings. The molecule has 1 aromatic carbocycles. The van der Waals surface area contributed by atoms with E-state index in [0.29, 0.717) is 6.42 Å². The van der Waals surface area contributed by atoms with Gasteiger partial charge in [-0.2, -0.15) is 0 Å². The number of unbranched alkanes of at least 4 members (excludes halogenated alkanes) is 1. The molecule has 1 N–H and O–H groups in total. The quantitative estimate of drug-likeness (QED) is 0.888. The molecule has 2 aromatic rings. The van der Waals surface area contributed by atoms with Crippen molar-refractivity contribution in [2.45, 2.75) is 33.1 Å². The molecular formula is C15H18N2O.